The molecule has 0 aliphatic heterocycles. The Labute approximate surface area is 192 Å². The highest BCUT2D eigenvalue weighted by Crippen LogP contribution is 2.29. The van der Waals surface area contributed by atoms with Crippen LogP contribution in [0.15, 0.2) is 66.9 Å². The van der Waals surface area contributed by atoms with Crippen LogP contribution in [0.1, 0.15) is 16.7 Å². The number of pyridine rings is 1. The van der Waals surface area contributed by atoms with Crippen LogP contribution in [0.2, 0.25) is 0 Å². The standard InChI is InChI=1S/C26H20F5NO2/c1-33-15-17-3-10-23(32-14-17)20-8-9-21-19(13-20)7-6-18(25(21)28)5-2-16-4-11-24(22(27)12-16)34-26(29,30)31/h3-4,6-14H,2,5,15H2,1H3. The van der Waals surface area contributed by atoms with Crippen LogP contribution in [0.5, 0.6) is 5.75 Å². The first-order valence-electron chi connectivity index (χ1n) is 10.4. The smallest absolute Gasteiger partial charge is 0.403 e. The highest BCUT2D eigenvalue weighted by atomic mass is 19.4. The summed E-state index contributed by atoms with van der Waals surface area (Å²) >= 11 is 0. The molecule has 0 saturated heterocycles. The molecule has 34 heavy (non-hydrogen) atoms. The maximum absolute atomic E-state index is 15.1. The minimum atomic E-state index is -4.97. The van der Waals surface area contributed by atoms with E-state index in [2.05, 4.69) is 9.72 Å². The Bertz CT molecular complexity index is 1300. The van der Waals surface area contributed by atoms with Gasteiger partial charge in [0.2, 0.25) is 0 Å². The van der Waals surface area contributed by atoms with Crippen molar-refractivity contribution < 1.29 is 31.4 Å². The van der Waals surface area contributed by atoms with Crippen molar-refractivity contribution in [3.05, 3.63) is 95.2 Å². The fourth-order valence-electron chi connectivity index (χ4n) is 3.72. The van der Waals surface area contributed by atoms with E-state index in [-0.39, 0.29) is 18.7 Å². The quantitative estimate of drug-likeness (QED) is 0.271. The number of alkyl halides is 3. The molecule has 0 aliphatic carbocycles. The van der Waals surface area contributed by atoms with Gasteiger partial charge in [-0.2, -0.15) is 0 Å². The number of fused-ring (bicyclic) bond motifs is 1. The lowest BCUT2D eigenvalue weighted by molar-refractivity contribution is -0.275. The SMILES string of the molecule is COCc1ccc(-c2ccc3c(F)c(CCc4ccc(OC(F)(F)F)c(F)c4)ccc3c2)nc1. The van der Waals surface area contributed by atoms with Crippen molar-refractivity contribution in [2.24, 2.45) is 0 Å². The molecule has 0 spiro atoms. The fourth-order valence-corrected chi connectivity index (χ4v) is 3.72. The van der Waals surface area contributed by atoms with Crippen LogP contribution < -0.4 is 4.74 Å². The number of aromatic nitrogens is 1. The van der Waals surface area contributed by atoms with Gasteiger partial charge in [0.15, 0.2) is 11.6 Å². The second-order valence-electron chi connectivity index (χ2n) is 7.77. The van der Waals surface area contributed by atoms with Gasteiger partial charge in [0.05, 0.1) is 12.3 Å². The van der Waals surface area contributed by atoms with Crippen molar-refractivity contribution >= 4 is 10.8 Å². The van der Waals surface area contributed by atoms with E-state index in [9.17, 15) is 17.6 Å². The Balaban J connectivity index is 1.50. The lowest BCUT2D eigenvalue weighted by atomic mass is 9.98. The van der Waals surface area contributed by atoms with Gasteiger partial charge < -0.3 is 9.47 Å². The maximum atomic E-state index is 15.1. The number of rotatable bonds is 7. The van der Waals surface area contributed by atoms with Crippen LogP contribution in [-0.2, 0) is 24.2 Å². The molecule has 4 rings (SSSR count). The van der Waals surface area contributed by atoms with E-state index in [4.69, 9.17) is 4.74 Å². The number of halogens is 5. The molecule has 0 atom stereocenters. The highest BCUT2D eigenvalue weighted by Gasteiger charge is 2.32. The summed E-state index contributed by atoms with van der Waals surface area (Å²) in [4.78, 5) is 4.43. The second kappa shape index (κ2) is 9.77. The van der Waals surface area contributed by atoms with Crippen molar-refractivity contribution in [2.75, 3.05) is 7.11 Å². The summed E-state index contributed by atoms with van der Waals surface area (Å²) in [5, 5.41) is 1.15. The van der Waals surface area contributed by atoms with E-state index in [1.54, 1.807) is 37.6 Å². The number of benzene rings is 3. The van der Waals surface area contributed by atoms with Gasteiger partial charge in [-0.3, -0.25) is 4.98 Å². The number of methoxy groups -OCH3 is 1. The zero-order valence-corrected chi connectivity index (χ0v) is 18.1. The molecule has 0 radical (unpaired) electrons. The highest BCUT2D eigenvalue weighted by molar-refractivity contribution is 5.88. The van der Waals surface area contributed by atoms with Crippen molar-refractivity contribution in [1.29, 1.82) is 0 Å². The number of hydrogen-bond donors (Lipinski definition) is 0. The summed E-state index contributed by atoms with van der Waals surface area (Å²) in [6.45, 7) is 0.469. The third-order valence-corrected chi connectivity index (χ3v) is 5.37. The Morgan fingerprint density at radius 3 is 2.32 bits per heavy atom. The summed E-state index contributed by atoms with van der Waals surface area (Å²) in [5.41, 5.74) is 3.42. The van der Waals surface area contributed by atoms with Gasteiger partial charge in [0.1, 0.15) is 5.82 Å². The Hall–Kier alpha value is -3.52. The third kappa shape index (κ3) is 5.51. The molecule has 4 aromatic rings. The van der Waals surface area contributed by atoms with Crippen LogP contribution in [0.3, 0.4) is 0 Å². The molecule has 3 nitrogen and oxygen atoms in total. The van der Waals surface area contributed by atoms with Crippen LogP contribution in [0, 0.1) is 11.6 Å². The van der Waals surface area contributed by atoms with Gasteiger partial charge in [-0.05, 0) is 59.2 Å². The molecule has 0 unspecified atom stereocenters. The molecule has 0 N–H and O–H groups in total. The van der Waals surface area contributed by atoms with E-state index in [1.165, 1.54) is 6.07 Å². The fraction of sp³-hybridized carbons (Fsp3) is 0.192. The first-order chi connectivity index (χ1) is 16.2. The molecular formula is C26H20F5NO2. The molecule has 0 bridgehead atoms. The summed E-state index contributed by atoms with van der Waals surface area (Å²) in [6, 6.07) is 15.8. The van der Waals surface area contributed by atoms with Gasteiger partial charge in [-0.15, -0.1) is 13.2 Å². The monoisotopic (exact) mass is 473 g/mol. The van der Waals surface area contributed by atoms with E-state index < -0.39 is 17.9 Å². The van der Waals surface area contributed by atoms with Crippen LogP contribution in [-0.4, -0.2) is 18.5 Å². The van der Waals surface area contributed by atoms with Crippen LogP contribution in [0.4, 0.5) is 22.0 Å². The Morgan fingerprint density at radius 2 is 1.65 bits per heavy atom. The van der Waals surface area contributed by atoms with Gasteiger partial charge in [-0.25, -0.2) is 8.78 Å². The zero-order valence-electron chi connectivity index (χ0n) is 18.1. The van der Waals surface area contributed by atoms with Gasteiger partial charge in [0.25, 0.3) is 0 Å². The molecule has 3 aromatic carbocycles. The maximum Gasteiger partial charge on any atom is 0.573 e. The Morgan fingerprint density at radius 1 is 0.853 bits per heavy atom. The molecule has 1 heterocycles. The van der Waals surface area contributed by atoms with Gasteiger partial charge in [0, 0.05) is 24.3 Å². The topological polar surface area (TPSA) is 31.4 Å². The molecule has 0 saturated carbocycles. The van der Waals surface area contributed by atoms with Gasteiger partial charge in [-0.1, -0.05) is 36.4 Å². The van der Waals surface area contributed by atoms with Crippen LogP contribution in [0.25, 0.3) is 22.0 Å². The number of aryl methyl sites for hydroxylation is 2. The predicted molar refractivity (Wildman–Crippen MR) is 118 cm³/mol. The summed E-state index contributed by atoms with van der Waals surface area (Å²) in [6.07, 6.45) is -2.73. The average Bonchev–Trinajstić information content (AvgIpc) is 2.80. The van der Waals surface area contributed by atoms with Crippen molar-refractivity contribution in [3.8, 4) is 17.0 Å². The lowest BCUT2D eigenvalue weighted by Gasteiger charge is -2.11. The van der Waals surface area contributed by atoms with E-state index in [1.807, 2.05) is 18.2 Å². The first-order valence-corrected chi connectivity index (χ1v) is 10.4. The summed E-state index contributed by atoms with van der Waals surface area (Å²) in [7, 11) is 1.61. The van der Waals surface area contributed by atoms with Crippen molar-refractivity contribution in [3.63, 3.8) is 0 Å². The normalized spacial score (nSPS) is 11.7. The number of ether oxygens (including phenoxy) is 2. The average molecular weight is 473 g/mol. The van der Waals surface area contributed by atoms with E-state index in [0.717, 1.165) is 29.0 Å². The molecule has 8 heteroatoms. The van der Waals surface area contributed by atoms with Crippen molar-refractivity contribution in [1.82, 2.24) is 4.98 Å². The predicted octanol–water partition coefficient (Wildman–Crippen LogP) is 7.01. The lowest BCUT2D eigenvalue weighted by Crippen LogP contribution is -2.18. The zero-order chi connectivity index (χ0) is 24.3. The summed E-state index contributed by atoms with van der Waals surface area (Å²) < 4.78 is 74.6. The van der Waals surface area contributed by atoms with E-state index in [0.29, 0.717) is 28.5 Å². The third-order valence-electron chi connectivity index (χ3n) is 5.37. The van der Waals surface area contributed by atoms with E-state index >= 15 is 4.39 Å². The number of hydrogen-bond acceptors (Lipinski definition) is 3. The minimum Gasteiger partial charge on any atom is -0.403 e. The molecule has 176 valence electrons. The molecule has 0 amide bonds. The molecular weight excluding hydrogens is 453 g/mol. The largest absolute Gasteiger partial charge is 0.573 e. The second-order valence-corrected chi connectivity index (χ2v) is 7.77. The van der Waals surface area contributed by atoms with Crippen molar-refractivity contribution in [2.45, 2.75) is 25.8 Å². The van der Waals surface area contributed by atoms with Gasteiger partial charge >= 0.3 is 6.36 Å². The summed E-state index contributed by atoms with van der Waals surface area (Å²) in [5.74, 6) is -2.40. The molecule has 0 fully saturated rings. The Kier molecular flexibility index (Phi) is 6.79. The van der Waals surface area contributed by atoms with Crippen LogP contribution >= 0.6 is 0 Å². The molecule has 1 aromatic heterocycles. The first kappa shape index (κ1) is 23.6. The number of nitrogens with zero attached hydrogens (tertiary/aromatic N) is 1. The minimum absolute atomic E-state index is 0.251. The molecule has 0 aliphatic rings.